The van der Waals surface area contributed by atoms with Gasteiger partial charge in [-0.2, -0.15) is 0 Å². The third-order valence-corrected chi connectivity index (χ3v) is 4.60. The van der Waals surface area contributed by atoms with Gasteiger partial charge in [0.05, 0.1) is 6.04 Å². The van der Waals surface area contributed by atoms with Gasteiger partial charge in [0, 0.05) is 23.9 Å². The van der Waals surface area contributed by atoms with Gasteiger partial charge in [0.15, 0.2) is 0 Å². The number of thiophene rings is 1. The molecule has 1 atom stereocenters. The van der Waals surface area contributed by atoms with Crippen LogP contribution in [0.3, 0.4) is 0 Å². The average molecular weight is 273 g/mol. The van der Waals surface area contributed by atoms with Gasteiger partial charge < -0.3 is 10.0 Å². The number of carbonyl (C=O) groups excluding carboxylic acids is 1. The lowest BCUT2D eigenvalue weighted by Gasteiger charge is -2.35. The molecule has 2 heterocycles. The van der Waals surface area contributed by atoms with Gasteiger partial charge in [-0.1, -0.05) is 18.2 Å². The van der Waals surface area contributed by atoms with Crippen LogP contribution in [-0.4, -0.2) is 22.5 Å². The molecule has 1 amide bonds. The Morgan fingerprint density at radius 2 is 2.11 bits per heavy atom. The first-order valence-electron chi connectivity index (χ1n) is 6.30. The number of aromatic hydroxyl groups is 1. The van der Waals surface area contributed by atoms with E-state index in [0.717, 1.165) is 17.5 Å². The van der Waals surface area contributed by atoms with Crippen LogP contribution in [-0.2, 0) is 11.2 Å². The highest BCUT2D eigenvalue weighted by Gasteiger charge is 2.32. The molecule has 0 aliphatic carbocycles. The predicted octanol–water partition coefficient (Wildman–Crippen LogP) is 2.95. The highest BCUT2D eigenvalue weighted by atomic mass is 32.1. The van der Waals surface area contributed by atoms with Crippen LogP contribution in [0.25, 0.3) is 0 Å². The van der Waals surface area contributed by atoms with E-state index in [9.17, 15) is 9.90 Å². The molecule has 0 saturated carbocycles. The number of amides is 1. The topological polar surface area (TPSA) is 40.5 Å². The predicted molar refractivity (Wildman–Crippen MR) is 75.4 cm³/mol. The van der Waals surface area contributed by atoms with E-state index in [1.165, 1.54) is 4.88 Å². The van der Waals surface area contributed by atoms with E-state index in [-0.39, 0.29) is 17.7 Å². The summed E-state index contributed by atoms with van der Waals surface area (Å²) in [6.07, 6.45) is 0.899. The van der Waals surface area contributed by atoms with Crippen LogP contribution >= 0.6 is 11.3 Å². The van der Waals surface area contributed by atoms with Gasteiger partial charge in [-0.25, -0.2) is 0 Å². The van der Waals surface area contributed by atoms with Crippen molar-refractivity contribution in [2.45, 2.75) is 19.4 Å². The number of nitrogens with zero attached hydrogens (tertiary/aromatic N) is 1. The standard InChI is InChI=1S/C15H15NO2S/c1-10(17)16-8-6-14-12(7-9-19-14)15(16)11-4-2-3-5-13(11)18/h2-5,7,9,15,18H,6,8H2,1H3. The van der Waals surface area contributed by atoms with Crippen molar-refractivity contribution < 1.29 is 9.90 Å². The molecule has 0 bridgehead atoms. The summed E-state index contributed by atoms with van der Waals surface area (Å²) in [7, 11) is 0. The number of hydrogen-bond donors (Lipinski definition) is 1. The smallest absolute Gasteiger partial charge is 0.220 e. The van der Waals surface area contributed by atoms with E-state index >= 15 is 0 Å². The van der Waals surface area contributed by atoms with E-state index in [4.69, 9.17) is 0 Å². The summed E-state index contributed by atoms with van der Waals surface area (Å²) in [5.41, 5.74) is 1.95. The van der Waals surface area contributed by atoms with Crippen LogP contribution in [0.1, 0.15) is 29.0 Å². The van der Waals surface area contributed by atoms with Crippen LogP contribution in [0, 0.1) is 0 Å². The molecule has 98 valence electrons. The molecule has 1 aliphatic rings. The summed E-state index contributed by atoms with van der Waals surface area (Å²) in [6.45, 7) is 2.30. The first-order valence-corrected chi connectivity index (χ1v) is 7.18. The third-order valence-electron chi connectivity index (χ3n) is 3.60. The van der Waals surface area contributed by atoms with Crippen LogP contribution in [0.5, 0.6) is 5.75 Å². The minimum Gasteiger partial charge on any atom is -0.508 e. The molecule has 0 radical (unpaired) electrons. The Morgan fingerprint density at radius 3 is 2.84 bits per heavy atom. The molecule has 1 unspecified atom stereocenters. The van der Waals surface area contributed by atoms with Gasteiger partial charge in [0.25, 0.3) is 0 Å². The lowest BCUT2D eigenvalue weighted by Crippen LogP contribution is -2.38. The van der Waals surface area contributed by atoms with Gasteiger partial charge in [-0.15, -0.1) is 11.3 Å². The summed E-state index contributed by atoms with van der Waals surface area (Å²) in [5, 5.41) is 12.1. The SMILES string of the molecule is CC(=O)N1CCc2sccc2C1c1ccccc1O. The molecule has 0 fully saturated rings. The van der Waals surface area contributed by atoms with Crippen LogP contribution in [0.15, 0.2) is 35.7 Å². The lowest BCUT2D eigenvalue weighted by atomic mass is 9.92. The highest BCUT2D eigenvalue weighted by Crippen LogP contribution is 2.40. The Balaban J connectivity index is 2.15. The second-order valence-electron chi connectivity index (χ2n) is 4.72. The Labute approximate surface area is 116 Å². The normalized spacial score (nSPS) is 18.2. The molecule has 3 nitrogen and oxygen atoms in total. The van der Waals surface area contributed by atoms with Crippen molar-refractivity contribution in [1.29, 1.82) is 0 Å². The number of fused-ring (bicyclic) bond motifs is 1. The number of phenolic OH excluding ortho intramolecular Hbond substituents is 1. The lowest BCUT2D eigenvalue weighted by molar-refractivity contribution is -0.130. The number of hydrogen-bond acceptors (Lipinski definition) is 3. The summed E-state index contributed by atoms with van der Waals surface area (Å²) in [5.74, 6) is 0.294. The second-order valence-corrected chi connectivity index (χ2v) is 5.72. The summed E-state index contributed by atoms with van der Waals surface area (Å²) < 4.78 is 0. The van der Waals surface area contributed by atoms with Gasteiger partial charge in [0.1, 0.15) is 5.75 Å². The van der Waals surface area contributed by atoms with Crippen LogP contribution < -0.4 is 0 Å². The van der Waals surface area contributed by atoms with Crippen molar-refractivity contribution in [2.75, 3.05) is 6.54 Å². The van der Waals surface area contributed by atoms with Crippen molar-refractivity contribution >= 4 is 17.2 Å². The van der Waals surface area contributed by atoms with E-state index in [1.807, 2.05) is 17.0 Å². The molecule has 4 heteroatoms. The van der Waals surface area contributed by atoms with E-state index in [1.54, 1.807) is 30.4 Å². The number of phenols is 1. The maximum Gasteiger partial charge on any atom is 0.220 e. The molecule has 1 aromatic heterocycles. The molecule has 0 spiro atoms. The van der Waals surface area contributed by atoms with E-state index < -0.39 is 0 Å². The second kappa shape index (κ2) is 4.70. The highest BCUT2D eigenvalue weighted by molar-refractivity contribution is 7.10. The fourth-order valence-corrected chi connectivity index (χ4v) is 3.61. The van der Waals surface area contributed by atoms with Crippen molar-refractivity contribution in [2.24, 2.45) is 0 Å². The quantitative estimate of drug-likeness (QED) is 0.868. The maximum atomic E-state index is 11.9. The summed E-state index contributed by atoms with van der Waals surface area (Å²) >= 11 is 1.72. The van der Waals surface area contributed by atoms with Crippen molar-refractivity contribution in [1.82, 2.24) is 4.90 Å². The zero-order chi connectivity index (χ0) is 13.4. The molecule has 3 rings (SSSR count). The molecule has 1 N–H and O–H groups in total. The van der Waals surface area contributed by atoms with Gasteiger partial charge in [-0.05, 0) is 29.5 Å². The molecule has 2 aromatic rings. The van der Waals surface area contributed by atoms with Crippen molar-refractivity contribution in [3.8, 4) is 5.75 Å². The average Bonchev–Trinajstić information content (AvgIpc) is 2.86. The molecule has 19 heavy (non-hydrogen) atoms. The fourth-order valence-electron chi connectivity index (χ4n) is 2.71. The summed E-state index contributed by atoms with van der Waals surface area (Å²) in [4.78, 5) is 15.0. The minimum absolute atomic E-state index is 0.0464. The molecule has 0 saturated heterocycles. The number of rotatable bonds is 1. The Morgan fingerprint density at radius 1 is 1.32 bits per heavy atom. The molecular weight excluding hydrogens is 258 g/mol. The Hall–Kier alpha value is -1.81. The Bertz CT molecular complexity index is 620. The minimum atomic E-state index is -0.159. The van der Waals surface area contributed by atoms with E-state index in [2.05, 4.69) is 11.4 Å². The first kappa shape index (κ1) is 12.2. The zero-order valence-corrected chi connectivity index (χ0v) is 11.5. The molecular formula is C15H15NO2S. The van der Waals surface area contributed by atoms with E-state index in [0.29, 0.717) is 6.54 Å². The Kier molecular flexibility index (Phi) is 3.03. The fraction of sp³-hybridized carbons (Fsp3) is 0.267. The monoisotopic (exact) mass is 273 g/mol. The number of carbonyl (C=O) groups is 1. The van der Waals surface area contributed by atoms with Crippen LogP contribution in [0.4, 0.5) is 0 Å². The van der Waals surface area contributed by atoms with Gasteiger partial charge in [-0.3, -0.25) is 4.79 Å². The summed E-state index contributed by atoms with van der Waals surface area (Å²) in [6, 6.07) is 9.17. The maximum absolute atomic E-state index is 11.9. The van der Waals surface area contributed by atoms with Crippen molar-refractivity contribution in [3.63, 3.8) is 0 Å². The number of para-hydroxylation sites is 1. The van der Waals surface area contributed by atoms with Gasteiger partial charge in [0.2, 0.25) is 5.91 Å². The number of benzene rings is 1. The largest absolute Gasteiger partial charge is 0.508 e. The molecule has 1 aliphatic heterocycles. The zero-order valence-electron chi connectivity index (χ0n) is 10.7. The first-order chi connectivity index (χ1) is 9.18. The third kappa shape index (κ3) is 2.02. The molecule has 1 aromatic carbocycles. The van der Waals surface area contributed by atoms with Crippen molar-refractivity contribution in [3.05, 3.63) is 51.7 Å². The van der Waals surface area contributed by atoms with Crippen LogP contribution in [0.2, 0.25) is 0 Å². The van der Waals surface area contributed by atoms with Gasteiger partial charge >= 0.3 is 0 Å².